The number of rotatable bonds is 7. The van der Waals surface area contributed by atoms with Crippen LogP contribution in [0.4, 0.5) is 0 Å². The second kappa shape index (κ2) is 6.10. The lowest BCUT2D eigenvalue weighted by atomic mass is 9.75. The molecule has 3 nitrogen and oxygen atoms in total. The highest BCUT2D eigenvalue weighted by Crippen LogP contribution is 2.33. The molecule has 0 spiro atoms. The van der Waals surface area contributed by atoms with Gasteiger partial charge in [0.25, 0.3) is 0 Å². The second-order valence-electron chi connectivity index (χ2n) is 5.10. The molecule has 0 radical (unpaired) electrons. The van der Waals surface area contributed by atoms with E-state index in [9.17, 15) is 0 Å². The molecule has 1 saturated heterocycles. The lowest BCUT2D eigenvalue weighted by molar-refractivity contribution is 0.108. The molecule has 2 rings (SSSR count). The molecule has 1 N–H and O–H groups in total. The standard InChI is InChI=1S/C15H23NO2/c1-3-8-15(11-16-12-15)9-10-18-14-7-5-4-6-13(14)17-2/h4-7,16H,3,8-12H2,1-2H3. The van der Waals surface area contributed by atoms with Gasteiger partial charge in [0.2, 0.25) is 0 Å². The summed E-state index contributed by atoms with van der Waals surface area (Å²) in [5, 5.41) is 3.38. The lowest BCUT2D eigenvalue weighted by Crippen LogP contribution is -2.53. The molecule has 0 aromatic heterocycles. The first kappa shape index (κ1) is 13.2. The third kappa shape index (κ3) is 2.96. The summed E-state index contributed by atoms with van der Waals surface area (Å²) >= 11 is 0. The van der Waals surface area contributed by atoms with E-state index in [0.29, 0.717) is 5.41 Å². The predicted octanol–water partition coefficient (Wildman–Crippen LogP) is 2.85. The molecule has 1 fully saturated rings. The quantitative estimate of drug-likeness (QED) is 0.806. The van der Waals surface area contributed by atoms with Crippen LogP contribution in [0.1, 0.15) is 26.2 Å². The van der Waals surface area contributed by atoms with E-state index in [-0.39, 0.29) is 0 Å². The van der Waals surface area contributed by atoms with E-state index in [1.54, 1.807) is 7.11 Å². The second-order valence-corrected chi connectivity index (χ2v) is 5.10. The highest BCUT2D eigenvalue weighted by Gasteiger charge is 2.35. The Labute approximate surface area is 109 Å². The molecule has 1 aliphatic heterocycles. The summed E-state index contributed by atoms with van der Waals surface area (Å²) in [6.45, 7) is 5.29. The first-order valence-electron chi connectivity index (χ1n) is 6.76. The van der Waals surface area contributed by atoms with E-state index in [1.165, 1.54) is 12.8 Å². The maximum absolute atomic E-state index is 5.85. The Kier molecular flexibility index (Phi) is 4.48. The zero-order valence-electron chi connectivity index (χ0n) is 11.4. The van der Waals surface area contributed by atoms with Crippen LogP contribution in [0.2, 0.25) is 0 Å². The number of benzene rings is 1. The monoisotopic (exact) mass is 249 g/mol. The van der Waals surface area contributed by atoms with Crippen molar-refractivity contribution >= 4 is 0 Å². The molecule has 1 aliphatic rings. The zero-order valence-corrected chi connectivity index (χ0v) is 11.4. The van der Waals surface area contributed by atoms with Gasteiger partial charge in [-0.1, -0.05) is 25.5 Å². The smallest absolute Gasteiger partial charge is 0.161 e. The van der Waals surface area contributed by atoms with Crippen LogP contribution in [-0.2, 0) is 0 Å². The number of para-hydroxylation sites is 2. The predicted molar refractivity (Wildman–Crippen MR) is 73.3 cm³/mol. The molecule has 100 valence electrons. The molecule has 1 heterocycles. The minimum Gasteiger partial charge on any atom is -0.493 e. The molecule has 0 atom stereocenters. The number of methoxy groups -OCH3 is 1. The Hall–Kier alpha value is -1.22. The molecule has 1 aromatic rings. The van der Waals surface area contributed by atoms with Crippen molar-refractivity contribution in [2.75, 3.05) is 26.8 Å². The van der Waals surface area contributed by atoms with Crippen molar-refractivity contribution in [1.29, 1.82) is 0 Å². The van der Waals surface area contributed by atoms with E-state index in [4.69, 9.17) is 9.47 Å². The fourth-order valence-electron chi connectivity index (χ4n) is 2.60. The van der Waals surface area contributed by atoms with E-state index in [0.717, 1.165) is 37.6 Å². The van der Waals surface area contributed by atoms with Gasteiger partial charge in [-0.3, -0.25) is 0 Å². The maximum atomic E-state index is 5.85. The molecule has 0 unspecified atom stereocenters. The Morgan fingerprint density at radius 2 is 1.89 bits per heavy atom. The molecule has 18 heavy (non-hydrogen) atoms. The summed E-state index contributed by atoms with van der Waals surface area (Å²) in [4.78, 5) is 0. The van der Waals surface area contributed by atoms with Gasteiger partial charge >= 0.3 is 0 Å². The molecule has 0 aliphatic carbocycles. The SMILES string of the molecule is CCCC1(CCOc2ccccc2OC)CNC1. The van der Waals surface area contributed by atoms with Crippen LogP contribution in [0.3, 0.4) is 0 Å². The van der Waals surface area contributed by atoms with Gasteiger partial charge in [-0.05, 0) is 30.4 Å². The molecule has 0 bridgehead atoms. The van der Waals surface area contributed by atoms with Crippen LogP contribution < -0.4 is 14.8 Å². The van der Waals surface area contributed by atoms with Crippen molar-refractivity contribution in [3.63, 3.8) is 0 Å². The Balaban J connectivity index is 1.84. The van der Waals surface area contributed by atoms with Crippen molar-refractivity contribution < 1.29 is 9.47 Å². The molecule has 1 aromatic carbocycles. The summed E-state index contributed by atoms with van der Waals surface area (Å²) in [7, 11) is 1.68. The fourth-order valence-corrected chi connectivity index (χ4v) is 2.60. The van der Waals surface area contributed by atoms with Gasteiger partial charge in [-0.25, -0.2) is 0 Å². The lowest BCUT2D eigenvalue weighted by Gasteiger charge is -2.42. The van der Waals surface area contributed by atoms with Gasteiger partial charge in [0.15, 0.2) is 11.5 Å². The Bertz CT molecular complexity index is 375. The van der Waals surface area contributed by atoms with Crippen molar-refractivity contribution in [3.05, 3.63) is 24.3 Å². The average Bonchev–Trinajstić information content (AvgIpc) is 2.36. The summed E-state index contributed by atoms with van der Waals surface area (Å²) < 4.78 is 11.1. The third-order valence-corrected chi connectivity index (χ3v) is 3.74. The van der Waals surface area contributed by atoms with Crippen LogP contribution >= 0.6 is 0 Å². The molecular formula is C15H23NO2. The number of hydrogen-bond donors (Lipinski definition) is 1. The largest absolute Gasteiger partial charge is 0.493 e. The zero-order chi connectivity index (χ0) is 12.8. The number of ether oxygens (including phenoxy) is 2. The minimum absolute atomic E-state index is 0.469. The normalized spacial score (nSPS) is 17.0. The van der Waals surface area contributed by atoms with Gasteiger partial charge < -0.3 is 14.8 Å². The van der Waals surface area contributed by atoms with Crippen molar-refractivity contribution in [3.8, 4) is 11.5 Å². The van der Waals surface area contributed by atoms with Gasteiger partial charge in [-0.2, -0.15) is 0 Å². The highest BCUT2D eigenvalue weighted by atomic mass is 16.5. The van der Waals surface area contributed by atoms with Crippen LogP contribution in [-0.4, -0.2) is 26.8 Å². The van der Waals surface area contributed by atoms with Crippen LogP contribution in [0.5, 0.6) is 11.5 Å². The van der Waals surface area contributed by atoms with Crippen molar-refractivity contribution in [2.45, 2.75) is 26.2 Å². The number of hydrogen-bond acceptors (Lipinski definition) is 3. The van der Waals surface area contributed by atoms with Gasteiger partial charge in [0.05, 0.1) is 13.7 Å². The maximum Gasteiger partial charge on any atom is 0.161 e. The molecule has 0 saturated carbocycles. The molecule has 0 amide bonds. The Morgan fingerprint density at radius 3 is 2.44 bits per heavy atom. The molecular weight excluding hydrogens is 226 g/mol. The summed E-state index contributed by atoms with van der Waals surface area (Å²) in [6, 6.07) is 7.83. The van der Waals surface area contributed by atoms with Gasteiger partial charge in [-0.15, -0.1) is 0 Å². The van der Waals surface area contributed by atoms with E-state index < -0.39 is 0 Å². The van der Waals surface area contributed by atoms with E-state index in [2.05, 4.69) is 12.2 Å². The fraction of sp³-hybridized carbons (Fsp3) is 0.600. The van der Waals surface area contributed by atoms with Crippen molar-refractivity contribution in [1.82, 2.24) is 5.32 Å². The number of nitrogens with one attached hydrogen (secondary N) is 1. The topological polar surface area (TPSA) is 30.5 Å². The van der Waals surface area contributed by atoms with Crippen molar-refractivity contribution in [2.24, 2.45) is 5.41 Å². The molecule has 3 heteroatoms. The summed E-state index contributed by atoms with van der Waals surface area (Å²) in [5.41, 5.74) is 0.469. The van der Waals surface area contributed by atoms with Crippen LogP contribution in [0.15, 0.2) is 24.3 Å². The Morgan fingerprint density at radius 1 is 1.17 bits per heavy atom. The summed E-state index contributed by atoms with van der Waals surface area (Å²) in [5.74, 6) is 1.66. The highest BCUT2D eigenvalue weighted by molar-refractivity contribution is 5.39. The summed E-state index contributed by atoms with van der Waals surface area (Å²) in [6.07, 6.45) is 3.65. The van der Waals surface area contributed by atoms with Gasteiger partial charge in [0, 0.05) is 13.1 Å². The van der Waals surface area contributed by atoms with Crippen LogP contribution in [0.25, 0.3) is 0 Å². The van der Waals surface area contributed by atoms with E-state index >= 15 is 0 Å². The van der Waals surface area contributed by atoms with Crippen LogP contribution in [0, 0.1) is 5.41 Å². The van der Waals surface area contributed by atoms with E-state index in [1.807, 2.05) is 24.3 Å². The first-order valence-corrected chi connectivity index (χ1v) is 6.76. The third-order valence-electron chi connectivity index (χ3n) is 3.74. The average molecular weight is 249 g/mol. The van der Waals surface area contributed by atoms with Gasteiger partial charge in [0.1, 0.15) is 0 Å². The first-order chi connectivity index (χ1) is 8.79. The minimum atomic E-state index is 0.469.